The molecular weight excluding hydrogens is 454 g/mol. The maximum absolute atomic E-state index is 13.0. The van der Waals surface area contributed by atoms with Crippen LogP contribution in [0, 0.1) is 17.4 Å². The van der Waals surface area contributed by atoms with Gasteiger partial charge in [0.05, 0.1) is 17.2 Å². The van der Waals surface area contributed by atoms with Crippen LogP contribution in [-0.4, -0.2) is 58.2 Å². The molecule has 1 fully saturated rings. The van der Waals surface area contributed by atoms with Gasteiger partial charge in [0.2, 0.25) is 12.2 Å². The summed E-state index contributed by atoms with van der Waals surface area (Å²) in [6.07, 6.45) is 3.67. The topological polar surface area (TPSA) is 114 Å². The lowest BCUT2D eigenvalue weighted by Crippen LogP contribution is -2.60. The van der Waals surface area contributed by atoms with Gasteiger partial charge in [-0.3, -0.25) is 9.78 Å². The smallest absolute Gasteiger partial charge is 0.321 e. The van der Waals surface area contributed by atoms with Crippen LogP contribution in [0.5, 0.6) is 0 Å². The van der Waals surface area contributed by atoms with E-state index >= 15 is 0 Å². The molecule has 3 aromatic rings. The van der Waals surface area contributed by atoms with Crippen molar-refractivity contribution in [3.63, 3.8) is 0 Å². The molecule has 184 valence electrons. The number of anilines is 2. The normalized spacial score (nSPS) is 16.1. The van der Waals surface area contributed by atoms with Gasteiger partial charge in [0.15, 0.2) is 5.78 Å². The fourth-order valence-corrected chi connectivity index (χ4v) is 4.36. The summed E-state index contributed by atoms with van der Waals surface area (Å²) in [5.41, 5.74) is 2.88. The number of guanidine groups is 1. The average molecular weight is 484 g/mol. The zero-order valence-corrected chi connectivity index (χ0v) is 20.6. The number of nitrogens with zero attached hydrogens (tertiary/aromatic N) is 5. The average Bonchev–Trinajstić information content (AvgIpc) is 2.88. The monoisotopic (exact) mass is 483 g/mol. The lowest BCUT2D eigenvalue weighted by atomic mass is 10.00. The SMILES string of the molecule is CC(=O)c1ccc(NC(=O)N2CCN(/C(=N\C#N)Nc3cccc4ncccc34)C(C(C)C)C2)cc1. The number of ketones is 1. The maximum Gasteiger partial charge on any atom is 0.321 e. The number of hydrogen-bond acceptors (Lipinski definition) is 5. The molecule has 2 aromatic carbocycles. The molecule has 0 aliphatic carbocycles. The van der Waals surface area contributed by atoms with E-state index in [1.165, 1.54) is 6.92 Å². The van der Waals surface area contributed by atoms with Gasteiger partial charge in [-0.1, -0.05) is 19.9 Å². The van der Waals surface area contributed by atoms with Crippen molar-refractivity contribution in [2.24, 2.45) is 10.9 Å². The number of aliphatic imine (C=N–C) groups is 1. The molecular formula is C27H29N7O2. The first-order valence-electron chi connectivity index (χ1n) is 11.9. The number of carbonyl (C=O) groups is 2. The van der Waals surface area contributed by atoms with E-state index in [1.807, 2.05) is 36.5 Å². The fraction of sp³-hybridized carbons (Fsp3) is 0.296. The van der Waals surface area contributed by atoms with Gasteiger partial charge in [-0.15, -0.1) is 4.99 Å². The Kier molecular flexibility index (Phi) is 7.44. The number of amides is 2. The van der Waals surface area contributed by atoms with Crippen LogP contribution in [0.25, 0.3) is 10.9 Å². The van der Waals surface area contributed by atoms with Crippen LogP contribution in [0.15, 0.2) is 65.8 Å². The Morgan fingerprint density at radius 3 is 2.56 bits per heavy atom. The summed E-state index contributed by atoms with van der Waals surface area (Å²) in [4.78, 5) is 36.9. The Hall–Kier alpha value is -4.45. The molecule has 1 atom stereocenters. The molecule has 2 N–H and O–H groups in total. The molecule has 9 heteroatoms. The van der Waals surface area contributed by atoms with Crippen LogP contribution in [0.2, 0.25) is 0 Å². The number of nitrogens with one attached hydrogen (secondary N) is 2. The molecule has 1 aromatic heterocycles. The number of Topliss-reactive ketones (excluding diaryl/α,β-unsaturated/α-hetero) is 1. The van der Waals surface area contributed by atoms with Crippen LogP contribution in [0.1, 0.15) is 31.1 Å². The van der Waals surface area contributed by atoms with Crippen molar-refractivity contribution < 1.29 is 9.59 Å². The third-order valence-corrected chi connectivity index (χ3v) is 6.34. The number of benzene rings is 2. The zero-order chi connectivity index (χ0) is 25.7. The highest BCUT2D eigenvalue weighted by atomic mass is 16.2. The number of piperazine rings is 1. The van der Waals surface area contributed by atoms with E-state index in [0.717, 1.165) is 16.6 Å². The molecule has 2 heterocycles. The number of carbonyl (C=O) groups excluding carboxylic acids is 2. The Morgan fingerprint density at radius 2 is 1.86 bits per heavy atom. The lowest BCUT2D eigenvalue weighted by molar-refractivity contribution is 0.101. The first-order valence-corrected chi connectivity index (χ1v) is 11.9. The predicted molar refractivity (Wildman–Crippen MR) is 141 cm³/mol. The summed E-state index contributed by atoms with van der Waals surface area (Å²) in [6.45, 7) is 7.13. The van der Waals surface area contributed by atoms with Crippen LogP contribution in [-0.2, 0) is 0 Å². The Bertz CT molecular complexity index is 1320. The van der Waals surface area contributed by atoms with Gasteiger partial charge in [0.1, 0.15) is 0 Å². The van der Waals surface area contributed by atoms with E-state index in [4.69, 9.17) is 0 Å². The van der Waals surface area contributed by atoms with Gasteiger partial charge in [0.25, 0.3) is 0 Å². The van der Waals surface area contributed by atoms with Crippen LogP contribution in [0.3, 0.4) is 0 Å². The van der Waals surface area contributed by atoms with Crippen molar-refractivity contribution >= 4 is 40.1 Å². The van der Waals surface area contributed by atoms with E-state index in [1.54, 1.807) is 35.4 Å². The maximum atomic E-state index is 13.0. The second kappa shape index (κ2) is 10.9. The highest BCUT2D eigenvalue weighted by Gasteiger charge is 2.34. The molecule has 9 nitrogen and oxygen atoms in total. The van der Waals surface area contributed by atoms with E-state index in [0.29, 0.717) is 36.8 Å². The van der Waals surface area contributed by atoms with Gasteiger partial charge in [-0.2, -0.15) is 5.26 Å². The third kappa shape index (κ3) is 5.44. The van der Waals surface area contributed by atoms with Gasteiger partial charge < -0.3 is 20.4 Å². The van der Waals surface area contributed by atoms with Crippen molar-refractivity contribution in [3.05, 3.63) is 66.4 Å². The molecule has 1 aliphatic rings. The minimum Gasteiger partial charge on any atom is -0.335 e. The zero-order valence-electron chi connectivity index (χ0n) is 20.6. The third-order valence-electron chi connectivity index (χ3n) is 6.34. The largest absolute Gasteiger partial charge is 0.335 e. The summed E-state index contributed by atoms with van der Waals surface area (Å²) >= 11 is 0. The van der Waals surface area contributed by atoms with Gasteiger partial charge in [-0.25, -0.2) is 4.79 Å². The van der Waals surface area contributed by atoms with Gasteiger partial charge >= 0.3 is 6.03 Å². The van der Waals surface area contributed by atoms with Crippen molar-refractivity contribution in [2.75, 3.05) is 30.3 Å². The Labute approximate surface area is 210 Å². The summed E-state index contributed by atoms with van der Waals surface area (Å²) in [6, 6.07) is 16.2. The molecule has 1 saturated heterocycles. The minimum atomic E-state index is -0.206. The first kappa shape index (κ1) is 24.7. The van der Waals surface area contributed by atoms with Crippen LogP contribution < -0.4 is 10.6 Å². The molecule has 0 spiro atoms. The number of rotatable bonds is 4. The van der Waals surface area contributed by atoms with Gasteiger partial charge in [-0.05, 0) is 61.4 Å². The molecule has 36 heavy (non-hydrogen) atoms. The van der Waals surface area contributed by atoms with Crippen LogP contribution in [0.4, 0.5) is 16.2 Å². The summed E-state index contributed by atoms with van der Waals surface area (Å²) in [7, 11) is 0. The van der Waals surface area contributed by atoms with Crippen molar-refractivity contribution in [1.82, 2.24) is 14.8 Å². The van der Waals surface area contributed by atoms with Crippen molar-refractivity contribution in [2.45, 2.75) is 26.8 Å². The molecule has 0 radical (unpaired) electrons. The molecule has 0 bridgehead atoms. The molecule has 4 rings (SSSR count). The Balaban J connectivity index is 1.50. The van der Waals surface area contributed by atoms with E-state index < -0.39 is 0 Å². The summed E-state index contributed by atoms with van der Waals surface area (Å²) in [5, 5.41) is 16.6. The highest BCUT2D eigenvalue weighted by molar-refractivity contribution is 6.03. The minimum absolute atomic E-state index is 0.0213. The molecule has 1 aliphatic heterocycles. The number of urea groups is 1. The predicted octanol–water partition coefficient (Wildman–Crippen LogP) is 4.56. The lowest BCUT2D eigenvalue weighted by Gasteiger charge is -2.44. The van der Waals surface area contributed by atoms with Crippen LogP contribution >= 0.6 is 0 Å². The Morgan fingerprint density at radius 1 is 1.08 bits per heavy atom. The number of aromatic nitrogens is 1. The van der Waals surface area contributed by atoms with E-state index in [9.17, 15) is 14.9 Å². The number of fused-ring (bicyclic) bond motifs is 1. The second-order valence-corrected chi connectivity index (χ2v) is 9.05. The van der Waals surface area contributed by atoms with Crippen molar-refractivity contribution in [1.29, 1.82) is 5.26 Å². The first-order chi connectivity index (χ1) is 17.4. The number of nitriles is 1. The van der Waals surface area contributed by atoms with E-state index in [-0.39, 0.29) is 23.8 Å². The highest BCUT2D eigenvalue weighted by Crippen LogP contribution is 2.24. The molecule has 0 saturated carbocycles. The number of pyridine rings is 1. The number of hydrogen-bond donors (Lipinski definition) is 2. The second-order valence-electron chi connectivity index (χ2n) is 9.05. The van der Waals surface area contributed by atoms with Gasteiger partial charge in [0, 0.05) is 42.5 Å². The molecule has 2 amide bonds. The standard InChI is InChI=1S/C27H29N7O2/c1-18(2)25-16-33(27(36)31-21-11-9-20(10-12-21)19(3)35)14-15-34(25)26(30-17-28)32-24-8-4-7-23-22(24)6-5-13-29-23/h4-13,18,25H,14-16H2,1-3H3,(H,30,32)(H,31,36). The summed E-state index contributed by atoms with van der Waals surface area (Å²) < 4.78 is 0. The van der Waals surface area contributed by atoms with E-state index in [2.05, 4.69) is 39.4 Å². The fourth-order valence-electron chi connectivity index (χ4n) is 4.36. The summed E-state index contributed by atoms with van der Waals surface area (Å²) in [5.74, 6) is 0.620. The molecule has 1 unspecified atom stereocenters. The quantitative estimate of drug-likeness (QED) is 0.243. The van der Waals surface area contributed by atoms with Crippen molar-refractivity contribution in [3.8, 4) is 6.19 Å².